The van der Waals surface area contributed by atoms with Crippen LogP contribution in [-0.4, -0.2) is 23.9 Å². The second kappa shape index (κ2) is 7.50. The zero-order valence-corrected chi connectivity index (χ0v) is 15.2. The van der Waals surface area contributed by atoms with Crippen molar-refractivity contribution in [1.82, 2.24) is 4.90 Å². The lowest BCUT2D eigenvalue weighted by molar-refractivity contribution is -0.123. The summed E-state index contributed by atoms with van der Waals surface area (Å²) < 4.78 is 0. The summed E-state index contributed by atoms with van der Waals surface area (Å²) in [6.07, 6.45) is 4.07. The Morgan fingerprint density at radius 3 is 2.69 bits per heavy atom. The van der Waals surface area contributed by atoms with Gasteiger partial charge in [-0.1, -0.05) is 36.4 Å². The molecule has 4 rings (SSSR count). The maximum Gasteiger partial charge on any atom is 0.220 e. The van der Waals surface area contributed by atoms with Gasteiger partial charge in [-0.05, 0) is 67.6 Å². The van der Waals surface area contributed by atoms with Crippen LogP contribution in [0.3, 0.4) is 0 Å². The van der Waals surface area contributed by atoms with E-state index in [0.29, 0.717) is 6.04 Å². The molecule has 4 heteroatoms. The van der Waals surface area contributed by atoms with Gasteiger partial charge in [-0.15, -0.1) is 0 Å². The highest BCUT2D eigenvalue weighted by Crippen LogP contribution is 2.33. The summed E-state index contributed by atoms with van der Waals surface area (Å²) in [4.78, 5) is 13.7. The van der Waals surface area contributed by atoms with Gasteiger partial charge in [0.05, 0.1) is 6.04 Å². The quantitative estimate of drug-likeness (QED) is 0.869. The van der Waals surface area contributed by atoms with Gasteiger partial charge >= 0.3 is 0 Å². The van der Waals surface area contributed by atoms with Gasteiger partial charge in [0, 0.05) is 18.2 Å². The van der Waals surface area contributed by atoms with E-state index in [4.69, 9.17) is 5.73 Å². The number of nitrogens with one attached hydrogen (secondary N) is 1. The fourth-order valence-corrected chi connectivity index (χ4v) is 4.30. The Labute approximate surface area is 155 Å². The average Bonchev–Trinajstić information content (AvgIpc) is 3.06. The summed E-state index contributed by atoms with van der Waals surface area (Å²) in [5, 5.41) is 3.72. The van der Waals surface area contributed by atoms with Crippen LogP contribution in [0.1, 0.15) is 42.0 Å². The summed E-state index contributed by atoms with van der Waals surface area (Å²) >= 11 is 0. The molecular formula is C22H27N3O. The number of amides is 1. The summed E-state index contributed by atoms with van der Waals surface area (Å²) in [6, 6.07) is 17.9. The molecule has 1 aliphatic carbocycles. The molecule has 4 nitrogen and oxygen atoms in total. The molecule has 0 unspecified atom stereocenters. The van der Waals surface area contributed by atoms with Gasteiger partial charge in [0.2, 0.25) is 5.91 Å². The van der Waals surface area contributed by atoms with Crippen LogP contribution in [0.25, 0.3) is 0 Å². The van der Waals surface area contributed by atoms with Gasteiger partial charge in [-0.25, -0.2) is 0 Å². The molecule has 1 heterocycles. The molecule has 1 amide bonds. The molecule has 0 bridgehead atoms. The van der Waals surface area contributed by atoms with Crippen molar-refractivity contribution in [2.24, 2.45) is 11.7 Å². The van der Waals surface area contributed by atoms with Crippen molar-refractivity contribution in [3.05, 3.63) is 65.2 Å². The number of fused-ring (bicyclic) bond motifs is 1. The Hall–Kier alpha value is -2.33. The van der Waals surface area contributed by atoms with Gasteiger partial charge in [-0.2, -0.15) is 0 Å². The number of nitrogens with zero attached hydrogens (tertiary/aromatic N) is 1. The van der Waals surface area contributed by atoms with Gasteiger partial charge in [0.25, 0.3) is 0 Å². The fourth-order valence-electron chi connectivity index (χ4n) is 4.30. The number of benzene rings is 2. The van der Waals surface area contributed by atoms with Gasteiger partial charge < -0.3 is 11.1 Å². The highest BCUT2D eigenvalue weighted by Gasteiger charge is 2.24. The van der Waals surface area contributed by atoms with Crippen molar-refractivity contribution in [3.8, 4) is 0 Å². The third-order valence-corrected chi connectivity index (χ3v) is 5.80. The molecule has 26 heavy (non-hydrogen) atoms. The first-order chi connectivity index (χ1) is 12.7. The summed E-state index contributed by atoms with van der Waals surface area (Å²) in [5.41, 5.74) is 10.8. The molecule has 2 aliphatic rings. The van der Waals surface area contributed by atoms with Crippen molar-refractivity contribution >= 4 is 11.6 Å². The normalized spacial score (nSPS) is 20.7. The molecule has 0 saturated carbocycles. The Morgan fingerprint density at radius 2 is 1.88 bits per heavy atom. The number of nitrogens with two attached hydrogens (primary N) is 1. The second-order valence-electron chi connectivity index (χ2n) is 7.59. The van der Waals surface area contributed by atoms with E-state index in [-0.39, 0.29) is 11.8 Å². The van der Waals surface area contributed by atoms with Crippen molar-refractivity contribution < 1.29 is 4.79 Å². The van der Waals surface area contributed by atoms with E-state index in [1.807, 2.05) is 0 Å². The number of likely N-dealkylation sites (tertiary alicyclic amines) is 1. The molecule has 3 N–H and O–H groups in total. The first kappa shape index (κ1) is 17.1. The van der Waals surface area contributed by atoms with Crippen LogP contribution in [0.2, 0.25) is 0 Å². The highest BCUT2D eigenvalue weighted by atomic mass is 16.1. The van der Waals surface area contributed by atoms with Crippen LogP contribution in [0.15, 0.2) is 48.5 Å². The zero-order chi connectivity index (χ0) is 17.9. The summed E-state index contributed by atoms with van der Waals surface area (Å²) in [5.74, 6) is -0.0885. The smallest absolute Gasteiger partial charge is 0.220 e. The molecule has 0 radical (unpaired) electrons. The van der Waals surface area contributed by atoms with Gasteiger partial charge in [0.15, 0.2) is 0 Å². The molecule has 136 valence electrons. The molecule has 1 aliphatic heterocycles. The Kier molecular flexibility index (Phi) is 4.93. The zero-order valence-electron chi connectivity index (χ0n) is 15.2. The predicted octanol–water partition coefficient (Wildman–Crippen LogP) is 3.48. The van der Waals surface area contributed by atoms with E-state index < -0.39 is 0 Å². The number of primary amides is 1. The summed E-state index contributed by atoms with van der Waals surface area (Å²) in [6.45, 7) is 2.82. The van der Waals surface area contributed by atoms with E-state index in [9.17, 15) is 4.79 Å². The first-order valence-corrected chi connectivity index (χ1v) is 9.64. The van der Waals surface area contributed by atoms with Crippen molar-refractivity contribution in [2.45, 2.75) is 38.3 Å². The SMILES string of the molecule is NC(=O)C1CCN(Cc2cccc(N[C@H]3CCc4ccccc43)c2)CC1. The standard InChI is InChI=1S/C22H27N3O/c23-22(26)18-10-12-25(13-11-18)15-16-4-3-6-19(14-16)24-21-9-8-17-5-1-2-7-20(17)21/h1-7,14,18,21,24H,8-13,15H2,(H2,23,26)/t21-/m0/s1. The molecule has 0 spiro atoms. The van der Waals surface area contributed by atoms with Gasteiger partial charge in [-0.3, -0.25) is 9.69 Å². The number of carbonyl (C=O) groups is 1. The van der Waals surface area contributed by atoms with E-state index in [1.54, 1.807) is 0 Å². The Balaban J connectivity index is 1.38. The lowest BCUT2D eigenvalue weighted by atomic mass is 9.96. The Bertz CT molecular complexity index is 780. The minimum absolute atomic E-state index is 0.0571. The molecule has 2 aromatic carbocycles. The fraction of sp³-hybridized carbons (Fsp3) is 0.409. The maximum atomic E-state index is 11.3. The van der Waals surface area contributed by atoms with Crippen LogP contribution in [0, 0.1) is 5.92 Å². The molecule has 1 atom stereocenters. The van der Waals surface area contributed by atoms with Crippen LogP contribution in [0.5, 0.6) is 0 Å². The molecular weight excluding hydrogens is 322 g/mol. The minimum atomic E-state index is -0.146. The van der Waals surface area contributed by atoms with E-state index in [1.165, 1.54) is 22.4 Å². The largest absolute Gasteiger partial charge is 0.378 e. The number of hydrogen-bond donors (Lipinski definition) is 2. The topological polar surface area (TPSA) is 58.4 Å². The molecule has 1 fully saturated rings. The summed E-state index contributed by atoms with van der Waals surface area (Å²) in [7, 11) is 0. The van der Waals surface area contributed by atoms with Crippen molar-refractivity contribution in [1.29, 1.82) is 0 Å². The van der Waals surface area contributed by atoms with Crippen molar-refractivity contribution in [2.75, 3.05) is 18.4 Å². The molecule has 1 saturated heterocycles. The number of hydrogen-bond acceptors (Lipinski definition) is 3. The molecule has 0 aromatic heterocycles. The maximum absolute atomic E-state index is 11.3. The van der Waals surface area contributed by atoms with Crippen LogP contribution in [0.4, 0.5) is 5.69 Å². The monoisotopic (exact) mass is 349 g/mol. The third-order valence-electron chi connectivity index (χ3n) is 5.80. The number of piperidine rings is 1. The number of rotatable bonds is 5. The third kappa shape index (κ3) is 3.75. The van der Waals surface area contributed by atoms with Crippen LogP contribution < -0.4 is 11.1 Å². The minimum Gasteiger partial charge on any atom is -0.378 e. The van der Waals surface area contributed by atoms with Crippen molar-refractivity contribution in [3.63, 3.8) is 0 Å². The first-order valence-electron chi connectivity index (χ1n) is 9.64. The second-order valence-corrected chi connectivity index (χ2v) is 7.59. The van der Waals surface area contributed by atoms with E-state index in [2.05, 4.69) is 58.7 Å². The number of anilines is 1. The van der Waals surface area contributed by atoms with Gasteiger partial charge in [0.1, 0.15) is 0 Å². The average molecular weight is 349 g/mol. The highest BCUT2D eigenvalue weighted by molar-refractivity contribution is 5.76. The number of aryl methyl sites for hydroxylation is 1. The van der Waals surface area contributed by atoms with E-state index >= 15 is 0 Å². The number of carbonyl (C=O) groups excluding carboxylic acids is 1. The lowest BCUT2D eigenvalue weighted by Gasteiger charge is -2.30. The van der Waals surface area contributed by atoms with Crippen LogP contribution in [-0.2, 0) is 17.8 Å². The lowest BCUT2D eigenvalue weighted by Crippen LogP contribution is -2.38. The van der Waals surface area contributed by atoms with Crippen LogP contribution >= 0.6 is 0 Å². The predicted molar refractivity (Wildman–Crippen MR) is 105 cm³/mol. The molecule has 2 aromatic rings. The Morgan fingerprint density at radius 1 is 1.08 bits per heavy atom. The van der Waals surface area contributed by atoms with E-state index in [0.717, 1.165) is 45.3 Å².